The molecule has 0 fully saturated rings. The standard InChI is InChI=1S/C20H12N4OS3/c25-18(24-20-23-14(11-26-20)12-7-9-21-10-8-12)16-5-6-17(27-16)19-22-13-3-1-2-4-15(13)28-19/h1-11H,(H,23,24,25). The average molecular weight is 421 g/mol. The number of nitrogens with one attached hydrogen (secondary N) is 1. The molecule has 4 aromatic heterocycles. The minimum Gasteiger partial charge on any atom is -0.297 e. The summed E-state index contributed by atoms with van der Waals surface area (Å²) in [5.41, 5.74) is 2.78. The van der Waals surface area contributed by atoms with Crippen LogP contribution in [-0.2, 0) is 0 Å². The normalized spacial score (nSPS) is 11.0. The zero-order valence-electron chi connectivity index (χ0n) is 14.3. The number of thiophene rings is 1. The third kappa shape index (κ3) is 3.33. The lowest BCUT2D eigenvalue weighted by molar-refractivity contribution is 0.103. The molecule has 28 heavy (non-hydrogen) atoms. The van der Waals surface area contributed by atoms with E-state index in [2.05, 4.69) is 26.3 Å². The van der Waals surface area contributed by atoms with Gasteiger partial charge in [0.2, 0.25) is 0 Å². The maximum atomic E-state index is 12.6. The summed E-state index contributed by atoms with van der Waals surface area (Å²) in [6, 6.07) is 15.6. The number of benzene rings is 1. The minimum atomic E-state index is -0.159. The molecule has 4 heterocycles. The number of hydrogen-bond donors (Lipinski definition) is 1. The van der Waals surface area contributed by atoms with E-state index in [4.69, 9.17) is 0 Å². The second-order valence-electron chi connectivity index (χ2n) is 5.88. The van der Waals surface area contributed by atoms with Crippen LogP contribution in [0, 0.1) is 0 Å². The highest BCUT2D eigenvalue weighted by molar-refractivity contribution is 7.26. The number of pyridine rings is 1. The van der Waals surface area contributed by atoms with E-state index < -0.39 is 0 Å². The lowest BCUT2D eigenvalue weighted by atomic mass is 10.2. The third-order valence-electron chi connectivity index (χ3n) is 4.04. The van der Waals surface area contributed by atoms with Crippen LogP contribution in [-0.4, -0.2) is 20.9 Å². The van der Waals surface area contributed by atoms with E-state index in [-0.39, 0.29) is 5.91 Å². The van der Waals surface area contributed by atoms with Crippen LogP contribution in [0.15, 0.2) is 66.3 Å². The Morgan fingerprint density at radius 3 is 2.64 bits per heavy atom. The van der Waals surface area contributed by atoms with Gasteiger partial charge in [0.25, 0.3) is 5.91 Å². The molecule has 8 heteroatoms. The van der Waals surface area contributed by atoms with Crippen LogP contribution >= 0.6 is 34.0 Å². The highest BCUT2D eigenvalue weighted by Gasteiger charge is 2.15. The maximum Gasteiger partial charge on any atom is 0.267 e. The van der Waals surface area contributed by atoms with Gasteiger partial charge in [-0.25, -0.2) is 9.97 Å². The Balaban J connectivity index is 1.34. The average Bonchev–Trinajstić information content (AvgIpc) is 3.47. The number of thiazole rings is 2. The van der Waals surface area contributed by atoms with Crippen molar-refractivity contribution in [3.05, 3.63) is 71.2 Å². The number of anilines is 1. The number of nitrogens with zero attached hydrogens (tertiary/aromatic N) is 3. The lowest BCUT2D eigenvalue weighted by Crippen LogP contribution is -2.09. The summed E-state index contributed by atoms with van der Waals surface area (Å²) in [5.74, 6) is -0.159. The topological polar surface area (TPSA) is 67.8 Å². The van der Waals surface area contributed by atoms with Gasteiger partial charge in [0.1, 0.15) is 5.01 Å². The highest BCUT2D eigenvalue weighted by atomic mass is 32.1. The van der Waals surface area contributed by atoms with Crippen LogP contribution in [0.4, 0.5) is 5.13 Å². The summed E-state index contributed by atoms with van der Waals surface area (Å²) in [5, 5.41) is 6.31. The first kappa shape index (κ1) is 17.2. The smallest absolute Gasteiger partial charge is 0.267 e. The second kappa shape index (κ2) is 7.23. The van der Waals surface area contributed by atoms with Crippen molar-refractivity contribution in [3.8, 4) is 21.1 Å². The Kier molecular flexibility index (Phi) is 4.44. The van der Waals surface area contributed by atoms with Gasteiger partial charge in [-0.1, -0.05) is 12.1 Å². The fourth-order valence-electron chi connectivity index (χ4n) is 2.70. The first-order valence-corrected chi connectivity index (χ1v) is 10.9. The van der Waals surface area contributed by atoms with Gasteiger partial charge in [0.05, 0.1) is 25.7 Å². The van der Waals surface area contributed by atoms with Crippen LogP contribution in [0.5, 0.6) is 0 Å². The van der Waals surface area contributed by atoms with Gasteiger partial charge in [-0.05, 0) is 36.4 Å². The van der Waals surface area contributed by atoms with Crippen molar-refractivity contribution in [3.63, 3.8) is 0 Å². The van der Waals surface area contributed by atoms with Crippen LogP contribution in [0.2, 0.25) is 0 Å². The van der Waals surface area contributed by atoms with Gasteiger partial charge in [-0.2, -0.15) is 0 Å². The van der Waals surface area contributed by atoms with Crippen molar-refractivity contribution >= 4 is 55.3 Å². The monoisotopic (exact) mass is 420 g/mol. The molecule has 0 atom stereocenters. The van der Waals surface area contributed by atoms with Gasteiger partial charge in [-0.15, -0.1) is 34.0 Å². The van der Waals surface area contributed by atoms with Gasteiger partial charge in [0, 0.05) is 23.3 Å². The van der Waals surface area contributed by atoms with E-state index in [1.807, 2.05) is 47.8 Å². The van der Waals surface area contributed by atoms with Crippen LogP contribution in [0.1, 0.15) is 9.67 Å². The number of fused-ring (bicyclic) bond motifs is 1. The molecule has 1 amide bonds. The SMILES string of the molecule is O=C(Nc1nc(-c2ccncc2)cs1)c1ccc(-c2nc3ccccc3s2)s1. The maximum absolute atomic E-state index is 12.6. The number of aromatic nitrogens is 3. The number of rotatable bonds is 4. The molecule has 0 aliphatic carbocycles. The fraction of sp³-hybridized carbons (Fsp3) is 0. The zero-order chi connectivity index (χ0) is 18.9. The van der Waals surface area contributed by atoms with Crippen molar-refractivity contribution in [2.75, 3.05) is 5.32 Å². The molecule has 0 saturated carbocycles. The number of carbonyl (C=O) groups is 1. The molecule has 1 N–H and O–H groups in total. The summed E-state index contributed by atoms with van der Waals surface area (Å²) in [6.07, 6.45) is 3.45. The van der Waals surface area contributed by atoms with Gasteiger partial charge in [-0.3, -0.25) is 15.1 Å². The Hall–Kier alpha value is -2.94. The van der Waals surface area contributed by atoms with Crippen molar-refractivity contribution in [1.82, 2.24) is 15.0 Å². The predicted molar refractivity (Wildman–Crippen MR) is 116 cm³/mol. The van der Waals surface area contributed by atoms with E-state index in [0.29, 0.717) is 10.0 Å². The van der Waals surface area contributed by atoms with Crippen molar-refractivity contribution in [2.45, 2.75) is 0 Å². The van der Waals surface area contributed by atoms with Crippen LogP contribution in [0.25, 0.3) is 31.4 Å². The quantitative estimate of drug-likeness (QED) is 0.399. The largest absolute Gasteiger partial charge is 0.297 e. The molecule has 0 radical (unpaired) electrons. The Morgan fingerprint density at radius 2 is 1.79 bits per heavy atom. The second-order valence-corrected chi connectivity index (χ2v) is 8.85. The van der Waals surface area contributed by atoms with Crippen molar-refractivity contribution in [2.24, 2.45) is 0 Å². The third-order valence-corrected chi connectivity index (χ3v) is 7.08. The molecule has 0 unspecified atom stereocenters. The molecule has 0 aliphatic rings. The lowest BCUT2D eigenvalue weighted by Gasteiger charge is -1.98. The summed E-state index contributed by atoms with van der Waals surface area (Å²) in [7, 11) is 0. The van der Waals surface area contributed by atoms with Crippen molar-refractivity contribution in [1.29, 1.82) is 0 Å². The van der Waals surface area contributed by atoms with E-state index in [1.165, 1.54) is 22.7 Å². The first-order valence-electron chi connectivity index (χ1n) is 8.39. The molecule has 5 aromatic rings. The Morgan fingerprint density at radius 1 is 0.929 bits per heavy atom. The van der Waals surface area contributed by atoms with Gasteiger partial charge >= 0.3 is 0 Å². The molecule has 136 valence electrons. The number of para-hydroxylation sites is 1. The summed E-state index contributed by atoms with van der Waals surface area (Å²) >= 11 is 4.47. The van der Waals surface area contributed by atoms with Gasteiger partial charge < -0.3 is 0 Å². The molecule has 1 aromatic carbocycles. The molecule has 0 bridgehead atoms. The van der Waals surface area contributed by atoms with E-state index in [0.717, 1.165) is 31.4 Å². The summed E-state index contributed by atoms with van der Waals surface area (Å²) in [4.78, 5) is 27.4. The van der Waals surface area contributed by atoms with Crippen molar-refractivity contribution < 1.29 is 4.79 Å². The molecule has 5 rings (SSSR count). The Bertz CT molecular complexity index is 1240. The van der Waals surface area contributed by atoms with E-state index in [9.17, 15) is 4.79 Å². The zero-order valence-corrected chi connectivity index (χ0v) is 16.8. The van der Waals surface area contributed by atoms with E-state index >= 15 is 0 Å². The highest BCUT2D eigenvalue weighted by Crippen LogP contribution is 2.34. The number of amides is 1. The molecular weight excluding hydrogens is 408 g/mol. The first-order chi connectivity index (χ1) is 13.8. The minimum absolute atomic E-state index is 0.159. The number of hydrogen-bond acceptors (Lipinski definition) is 7. The molecular formula is C20H12N4OS3. The van der Waals surface area contributed by atoms with Crippen LogP contribution in [0.3, 0.4) is 0 Å². The number of carbonyl (C=O) groups excluding carboxylic acids is 1. The predicted octanol–water partition coefficient (Wildman–Crippen LogP) is 5.80. The molecule has 5 nitrogen and oxygen atoms in total. The van der Waals surface area contributed by atoms with Gasteiger partial charge in [0.15, 0.2) is 5.13 Å². The van der Waals surface area contributed by atoms with E-state index in [1.54, 1.807) is 23.7 Å². The molecule has 0 spiro atoms. The summed E-state index contributed by atoms with van der Waals surface area (Å²) in [6.45, 7) is 0. The molecule has 0 saturated heterocycles. The Labute approximate surface area is 172 Å². The fourth-order valence-corrected chi connectivity index (χ4v) is 5.33. The summed E-state index contributed by atoms with van der Waals surface area (Å²) < 4.78 is 1.14. The van der Waals surface area contributed by atoms with Crippen LogP contribution < -0.4 is 5.32 Å². The molecule has 0 aliphatic heterocycles.